The Hall–Kier alpha value is -7.96. The number of nitrogens with zero attached hydrogens (tertiary/aromatic N) is 7. The van der Waals surface area contributed by atoms with Gasteiger partial charge in [-0.1, -0.05) is 27.7 Å². The molecule has 0 bridgehead atoms. The van der Waals surface area contributed by atoms with Crippen LogP contribution in [0, 0.1) is 0 Å². The molecule has 0 aliphatic carbocycles. The number of aromatic nitrogens is 5. The standard InChI is InChI=1S/C51H54N8O11/c1-7-32-34-20-29(60)12-15-39(34)53-44-36(32)24-58-40(44)22-38-37(48(58)65)26-68-49(66)51(38,8-2)70-50(67)56(6)25-43(63)57-18-16-31(17-19-57)69-30-13-10-28(11-14-30)59-45(54-55-46(59)47(64)52-9-3)35-21-33(27(4)5)41(61)23-42(35)62/h10-15,20-23,27,31,60-62H,7-9,16-19,24-26H2,1-6H3,(H,52,64)/t51-/m0/s1. The number of likely N-dealkylation sites (tertiary alicyclic amines) is 1. The first-order valence-electron chi connectivity index (χ1n) is 23.4. The Balaban J connectivity index is 0.862. The number of pyridine rings is 2. The number of hydrogen-bond donors (Lipinski definition) is 4. The minimum absolute atomic E-state index is 0.000550. The summed E-state index contributed by atoms with van der Waals surface area (Å²) in [4.78, 5) is 76.1. The molecule has 3 aliphatic rings. The Labute approximate surface area is 402 Å². The normalized spacial score (nSPS) is 16.4. The Morgan fingerprint density at radius 3 is 2.37 bits per heavy atom. The summed E-state index contributed by atoms with van der Waals surface area (Å²) < 4.78 is 21.0. The van der Waals surface area contributed by atoms with Crippen LogP contribution in [-0.2, 0) is 44.2 Å². The Kier molecular flexibility index (Phi) is 12.5. The number of hydrogen-bond acceptors (Lipinski definition) is 14. The first kappa shape index (κ1) is 47.1. The van der Waals surface area contributed by atoms with Crippen molar-refractivity contribution in [3.05, 3.63) is 105 Å². The maximum atomic E-state index is 14.2. The zero-order valence-electron chi connectivity index (χ0n) is 39.7. The molecule has 0 radical (unpaired) electrons. The highest BCUT2D eigenvalue weighted by Crippen LogP contribution is 2.43. The molecular formula is C51H54N8O11. The fraction of sp³-hybridized carbons (Fsp3) is 0.373. The van der Waals surface area contributed by atoms with E-state index in [0.29, 0.717) is 72.8 Å². The van der Waals surface area contributed by atoms with Crippen LogP contribution in [0.3, 0.4) is 0 Å². The van der Waals surface area contributed by atoms with Crippen LogP contribution >= 0.6 is 0 Å². The number of carbonyl (C=O) groups is 4. The number of aromatic hydroxyl groups is 3. The molecule has 3 aliphatic heterocycles. The Morgan fingerprint density at radius 2 is 1.69 bits per heavy atom. The molecular weight excluding hydrogens is 901 g/mol. The van der Waals surface area contributed by atoms with Crippen LogP contribution in [0.25, 0.3) is 39.4 Å². The van der Waals surface area contributed by atoms with Gasteiger partial charge in [0.15, 0.2) is 5.82 Å². The van der Waals surface area contributed by atoms with Crippen LogP contribution < -0.4 is 15.6 Å². The van der Waals surface area contributed by atoms with Crippen molar-refractivity contribution in [3.8, 4) is 51.5 Å². The zero-order valence-corrected chi connectivity index (χ0v) is 39.7. The predicted octanol–water partition coefficient (Wildman–Crippen LogP) is 6.03. The number of likely N-dealkylation sites (N-methyl/N-ethyl adjacent to an activating group) is 1. The van der Waals surface area contributed by atoms with Crippen LogP contribution in [0.4, 0.5) is 4.79 Å². The molecule has 19 nitrogen and oxygen atoms in total. The summed E-state index contributed by atoms with van der Waals surface area (Å²) in [7, 11) is 1.41. The van der Waals surface area contributed by atoms with E-state index in [2.05, 4.69) is 15.5 Å². The molecule has 3 aromatic carbocycles. The molecule has 0 unspecified atom stereocenters. The number of carbonyl (C=O) groups excluding carboxylic acids is 4. The van der Waals surface area contributed by atoms with Crippen molar-refractivity contribution in [1.29, 1.82) is 0 Å². The van der Waals surface area contributed by atoms with Crippen molar-refractivity contribution in [2.45, 2.75) is 91.1 Å². The van der Waals surface area contributed by atoms with Gasteiger partial charge in [-0.05, 0) is 91.4 Å². The molecule has 4 N–H and O–H groups in total. The van der Waals surface area contributed by atoms with Crippen LogP contribution in [0.2, 0.25) is 0 Å². The van der Waals surface area contributed by atoms with E-state index in [-0.39, 0.29) is 89.6 Å². The molecule has 1 saturated heterocycles. The number of fused-ring (bicyclic) bond motifs is 5. The average Bonchev–Trinajstić information content (AvgIpc) is 3.95. The van der Waals surface area contributed by atoms with Gasteiger partial charge in [0.25, 0.3) is 11.5 Å². The highest BCUT2D eigenvalue weighted by atomic mass is 16.6. The number of piperidine rings is 1. The number of nitrogens with one attached hydrogen (secondary N) is 1. The first-order chi connectivity index (χ1) is 33.6. The van der Waals surface area contributed by atoms with Crippen molar-refractivity contribution >= 4 is 34.8 Å². The van der Waals surface area contributed by atoms with E-state index in [1.54, 1.807) is 77.9 Å². The summed E-state index contributed by atoms with van der Waals surface area (Å²) >= 11 is 0. The van der Waals surface area contributed by atoms with Crippen LogP contribution in [0.15, 0.2) is 65.5 Å². The molecule has 6 heterocycles. The molecule has 1 fully saturated rings. The van der Waals surface area contributed by atoms with Crippen molar-refractivity contribution < 1.29 is 48.7 Å². The number of esters is 1. The summed E-state index contributed by atoms with van der Waals surface area (Å²) in [5, 5.41) is 43.6. The van der Waals surface area contributed by atoms with E-state index < -0.39 is 29.1 Å². The van der Waals surface area contributed by atoms with Gasteiger partial charge in [-0.15, -0.1) is 10.2 Å². The molecule has 9 rings (SSSR count). The maximum Gasteiger partial charge on any atom is 0.411 e. The molecule has 6 aromatic rings. The summed E-state index contributed by atoms with van der Waals surface area (Å²) in [6.07, 6.45) is 0.366. The SMILES string of the molecule is CCNC(=O)c1nnc(-c2cc(C(C)C)c(O)cc2O)n1-c1ccc(OC2CCN(C(=O)CN(C)C(=O)O[C@]3(CC)C(=O)OCc4c3cc3n(c4=O)Cc4c-3nc3ccc(O)cc3c4CC)CC2)cc1. The topological polar surface area (TPSA) is 241 Å². The molecule has 0 saturated carbocycles. The summed E-state index contributed by atoms with van der Waals surface area (Å²) in [6.45, 7) is 9.88. The third-order valence-electron chi connectivity index (χ3n) is 13.5. The van der Waals surface area contributed by atoms with Crippen molar-refractivity contribution in [2.75, 3.05) is 33.2 Å². The molecule has 1 atom stereocenters. The smallest absolute Gasteiger partial charge is 0.411 e. The van der Waals surface area contributed by atoms with E-state index >= 15 is 0 Å². The van der Waals surface area contributed by atoms with Gasteiger partial charge in [0.05, 0.1) is 34.6 Å². The highest BCUT2D eigenvalue weighted by molar-refractivity contribution is 5.93. The van der Waals surface area contributed by atoms with Gasteiger partial charge in [-0.25, -0.2) is 14.6 Å². The van der Waals surface area contributed by atoms with Crippen LogP contribution in [0.1, 0.15) is 98.2 Å². The lowest BCUT2D eigenvalue weighted by Crippen LogP contribution is -2.51. The minimum atomic E-state index is -1.97. The van der Waals surface area contributed by atoms with Crippen LogP contribution in [0.5, 0.6) is 23.0 Å². The lowest BCUT2D eigenvalue weighted by Gasteiger charge is -2.37. The summed E-state index contributed by atoms with van der Waals surface area (Å²) in [5.74, 6) is -1.14. The van der Waals surface area contributed by atoms with Gasteiger partial charge in [-0.3, -0.25) is 19.0 Å². The van der Waals surface area contributed by atoms with E-state index in [9.17, 15) is 39.3 Å². The van der Waals surface area contributed by atoms with Crippen molar-refractivity contribution in [3.63, 3.8) is 0 Å². The van der Waals surface area contributed by atoms with Crippen molar-refractivity contribution in [2.24, 2.45) is 0 Å². The predicted molar refractivity (Wildman–Crippen MR) is 255 cm³/mol. The van der Waals surface area contributed by atoms with Gasteiger partial charge in [0.2, 0.25) is 17.3 Å². The molecule has 3 amide bonds. The first-order valence-corrected chi connectivity index (χ1v) is 23.4. The lowest BCUT2D eigenvalue weighted by molar-refractivity contribution is -0.173. The largest absolute Gasteiger partial charge is 0.508 e. The Morgan fingerprint density at radius 1 is 0.943 bits per heavy atom. The van der Waals surface area contributed by atoms with Crippen LogP contribution in [-0.4, -0.2) is 113 Å². The molecule has 3 aromatic heterocycles. The highest BCUT2D eigenvalue weighted by Gasteiger charge is 2.51. The maximum absolute atomic E-state index is 14.2. The van der Waals surface area contributed by atoms with Gasteiger partial charge in [0.1, 0.15) is 42.3 Å². The van der Waals surface area contributed by atoms with E-state index in [1.165, 1.54) is 17.7 Å². The lowest BCUT2D eigenvalue weighted by atomic mass is 9.85. The average molecular weight is 955 g/mol. The number of aryl methyl sites for hydroxylation is 1. The molecule has 19 heteroatoms. The number of ether oxygens (including phenoxy) is 3. The number of phenolic OH excluding ortho intramolecular Hbond substituents is 3. The fourth-order valence-electron chi connectivity index (χ4n) is 9.72. The van der Waals surface area contributed by atoms with E-state index in [0.717, 1.165) is 21.4 Å². The molecule has 364 valence electrons. The van der Waals surface area contributed by atoms with Crippen molar-refractivity contribution in [1.82, 2.24) is 39.4 Å². The number of rotatable bonds is 12. The summed E-state index contributed by atoms with van der Waals surface area (Å²) in [5.41, 5.74) is 2.89. The molecule has 70 heavy (non-hydrogen) atoms. The van der Waals surface area contributed by atoms with E-state index in [4.69, 9.17) is 19.2 Å². The zero-order chi connectivity index (χ0) is 49.8. The van der Waals surface area contributed by atoms with Gasteiger partial charge in [-0.2, -0.15) is 0 Å². The fourth-order valence-corrected chi connectivity index (χ4v) is 9.72. The third-order valence-corrected chi connectivity index (χ3v) is 13.5. The second-order valence-corrected chi connectivity index (χ2v) is 18.1. The quantitative estimate of drug-likeness (QED) is 0.102. The third kappa shape index (κ3) is 8.17. The number of amides is 3. The second kappa shape index (κ2) is 18.5. The Bertz CT molecular complexity index is 3160. The van der Waals surface area contributed by atoms with Gasteiger partial charge < -0.3 is 49.2 Å². The number of benzene rings is 3. The second-order valence-electron chi connectivity index (χ2n) is 18.1. The van der Waals surface area contributed by atoms with Gasteiger partial charge >= 0.3 is 12.1 Å². The number of phenols is 3. The molecule has 0 spiro atoms. The monoisotopic (exact) mass is 954 g/mol. The van der Waals surface area contributed by atoms with E-state index in [1.807, 2.05) is 20.8 Å². The summed E-state index contributed by atoms with van der Waals surface area (Å²) in [6, 6.07) is 16.5. The van der Waals surface area contributed by atoms with Gasteiger partial charge in [0, 0.05) is 67.8 Å². The number of cyclic esters (lactones) is 1. The minimum Gasteiger partial charge on any atom is -0.508 e.